The van der Waals surface area contributed by atoms with Crippen molar-refractivity contribution in [2.45, 2.75) is 18.5 Å². The van der Waals surface area contributed by atoms with Crippen LogP contribution in [0.15, 0.2) is 82.7 Å². The zero-order chi connectivity index (χ0) is 23.7. The summed E-state index contributed by atoms with van der Waals surface area (Å²) in [5, 5.41) is 4.05. The van der Waals surface area contributed by atoms with Crippen LogP contribution in [0.5, 0.6) is 0 Å². The number of carbonyl (C=O) groups is 1. The highest BCUT2D eigenvalue weighted by Crippen LogP contribution is 2.26. The molecule has 170 valence electrons. The maximum Gasteiger partial charge on any atom is 0.283 e. The molecular weight excluding hydrogens is 451 g/mol. The first-order valence-corrected chi connectivity index (χ1v) is 11.8. The van der Waals surface area contributed by atoms with Crippen LogP contribution in [0.25, 0.3) is 27.6 Å². The first kappa shape index (κ1) is 21.9. The molecule has 2 N–H and O–H groups in total. The summed E-state index contributed by atoms with van der Waals surface area (Å²) in [5.74, 6) is -0.566. The third-order valence-corrected chi connectivity index (χ3v) is 6.50. The summed E-state index contributed by atoms with van der Waals surface area (Å²) in [7, 11) is 0. The Balaban J connectivity index is 1.52. The van der Waals surface area contributed by atoms with Crippen molar-refractivity contribution in [3.05, 3.63) is 94.5 Å². The first-order chi connectivity index (χ1) is 16.5. The molecule has 34 heavy (non-hydrogen) atoms. The van der Waals surface area contributed by atoms with Crippen LogP contribution in [0.2, 0.25) is 0 Å². The van der Waals surface area contributed by atoms with Crippen molar-refractivity contribution in [1.82, 2.24) is 14.5 Å². The number of para-hydroxylation sites is 1. The summed E-state index contributed by atoms with van der Waals surface area (Å²) < 4.78 is 14.9. The Morgan fingerprint density at radius 1 is 1.06 bits per heavy atom. The van der Waals surface area contributed by atoms with E-state index < -0.39 is 5.82 Å². The van der Waals surface area contributed by atoms with E-state index in [-0.39, 0.29) is 17.2 Å². The average Bonchev–Trinajstić information content (AvgIpc) is 3.23. The van der Waals surface area contributed by atoms with Gasteiger partial charge in [0.2, 0.25) is 5.91 Å². The lowest BCUT2D eigenvalue weighted by atomic mass is 10.1. The Morgan fingerprint density at radius 2 is 1.79 bits per heavy atom. The number of aromatic amines is 1. The van der Waals surface area contributed by atoms with Crippen LogP contribution in [0.1, 0.15) is 12.5 Å². The van der Waals surface area contributed by atoms with E-state index in [1.165, 1.54) is 34.4 Å². The molecule has 0 spiro atoms. The van der Waals surface area contributed by atoms with Crippen LogP contribution in [0.3, 0.4) is 0 Å². The summed E-state index contributed by atoms with van der Waals surface area (Å²) in [6.45, 7) is 2.07. The Hall–Kier alpha value is -3.91. The van der Waals surface area contributed by atoms with E-state index in [9.17, 15) is 14.0 Å². The number of hydrogen-bond acceptors (Lipinski definition) is 4. The Labute approximate surface area is 198 Å². The number of halogens is 1. The number of fused-ring (bicyclic) bond motifs is 3. The first-order valence-electron chi connectivity index (χ1n) is 10.8. The predicted octanol–water partition coefficient (Wildman–Crippen LogP) is 5.30. The maximum absolute atomic E-state index is 13.5. The molecule has 5 rings (SSSR count). The number of aromatic nitrogens is 3. The number of aryl methyl sites for hydroxylation is 1. The van der Waals surface area contributed by atoms with Gasteiger partial charge in [-0.3, -0.25) is 14.2 Å². The van der Waals surface area contributed by atoms with Crippen LogP contribution in [-0.4, -0.2) is 26.2 Å². The number of H-pyrrole nitrogens is 1. The van der Waals surface area contributed by atoms with Crippen molar-refractivity contribution in [2.24, 2.45) is 0 Å². The molecule has 0 aliphatic heterocycles. The molecule has 0 fully saturated rings. The van der Waals surface area contributed by atoms with Crippen molar-refractivity contribution in [2.75, 3.05) is 11.1 Å². The number of rotatable bonds is 6. The number of nitrogens with zero attached hydrogens (tertiary/aromatic N) is 2. The molecule has 1 amide bonds. The molecule has 0 bridgehead atoms. The molecule has 0 aliphatic rings. The van der Waals surface area contributed by atoms with Gasteiger partial charge in [0.25, 0.3) is 5.56 Å². The monoisotopic (exact) mass is 472 g/mol. The second kappa shape index (κ2) is 9.15. The average molecular weight is 473 g/mol. The minimum Gasteiger partial charge on any atom is -0.349 e. The molecule has 6 nitrogen and oxygen atoms in total. The zero-order valence-corrected chi connectivity index (χ0v) is 19.2. The van der Waals surface area contributed by atoms with E-state index >= 15 is 0 Å². The summed E-state index contributed by atoms with van der Waals surface area (Å²) in [5.41, 5.74) is 3.74. The molecule has 8 heteroatoms. The van der Waals surface area contributed by atoms with Gasteiger partial charge >= 0.3 is 0 Å². The SMILES string of the molecule is CCc1ccc(NC(=O)CSc2nc3c([nH]c4ccccc43)c(=O)n2-c2ccc(F)cc2)cc1. The Morgan fingerprint density at radius 3 is 2.53 bits per heavy atom. The molecule has 0 atom stereocenters. The van der Waals surface area contributed by atoms with E-state index in [2.05, 4.69) is 17.2 Å². The second-order valence-corrected chi connectivity index (χ2v) is 8.74. The minimum atomic E-state index is -0.404. The fraction of sp³-hybridized carbons (Fsp3) is 0.115. The van der Waals surface area contributed by atoms with Gasteiger partial charge in [-0.15, -0.1) is 0 Å². The highest BCUT2D eigenvalue weighted by molar-refractivity contribution is 7.99. The van der Waals surface area contributed by atoms with Crippen molar-refractivity contribution >= 4 is 45.3 Å². The van der Waals surface area contributed by atoms with Gasteiger partial charge in [0.05, 0.1) is 11.4 Å². The van der Waals surface area contributed by atoms with E-state index in [1.54, 1.807) is 0 Å². The van der Waals surface area contributed by atoms with Gasteiger partial charge < -0.3 is 10.3 Å². The quantitative estimate of drug-likeness (QED) is 0.260. The number of thioether (sulfide) groups is 1. The highest BCUT2D eigenvalue weighted by Gasteiger charge is 2.18. The van der Waals surface area contributed by atoms with Crippen molar-refractivity contribution < 1.29 is 9.18 Å². The number of anilines is 1. The Kier molecular flexibility index (Phi) is 5.90. The van der Waals surface area contributed by atoms with Gasteiger partial charge in [0, 0.05) is 16.6 Å². The largest absolute Gasteiger partial charge is 0.349 e. The van der Waals surface area contributed by atoms with E-state index in [4.69, 9.17) is 4.98 Å². The molecular formula is C26H21FN4O2S. The normalized spacial score (nSPS) is 11.2. The molecule has 0 saturated heterocycles. The topological polar surface area (TPSA) is 79.8 Å². The van der Waals surface area contributed by atoms with Gasteiger partial charge in [-0.05, 0) is 54.4 Å². The van der Waals surface area contributed by atoms with Crippen LogP contribution in [0.4, 0.5) is 10.1 Å². The number of carbonyl (C=O) groups excluding carboxylic acids is 1. The molecule has 2 heterocycles. The number of nitrogens with one attached hydrogen (secondary N) is 2. The molecule has 0 radical (unpaired) electrons. The van der Waals surface area contributed by atoms with E-state index in [1.807, 2.05) is 48.5 Å². The standard InChI is InChI=1S/C26H21FN4O2S/c1-2-16-7-11-18(12-8-16)28-22(32)15-34-26-30-23-20-5-3-4-6-21(20)29-24(23)25(33)31(26)19-13-9-17(27)10-14-19/h3-14,29H,2,15H2,1H3,(H,28,32). The molecule has 0 saturated carbocycles. The van der Waals surface area contributed by atoms with Gasteiger partial charge in [-0.2, -0.15) is 0 Å². The highest BCUT2D eigenvalue weighted by atomic mass is 32.2. The minimum absolute atomic E-state index is 0.0526. The van der Waals surface area contributed by atoms with Crippen LogP contribution < -0.4 is 10.9 Å². The lowest BCUT2D eigenvalue weighted by molar-refractivity contribution is -0.113. The summed E-state index contributed by atoms with van der Waals surface area (Å²) in [4.78, 5) is 34.0. The predicted molar refractivity (Wildman–Crippen MR) is 134 cm³/mol. The van der Waals surface area contributed by atoms with Gasteiger partial charge in [0.15, 0.2) is 5.16 Å². The van der Waals surface area contributed by atoms with Crippen LogP contribution >= 0.6 is 11.8 Å². The van der Waals surface area contributed by atoms with Crippen molar-refractivity contribution in [1.29, 1.82) is 0 Å². The van der Waals surface area contributed by atoms with E-state index in [0.717, 1.165) is 29.1 Å². The smallest absolute Gasteiger partial charge is 0.283 e. The molecule has 0 aliphatic carbocycles. The number of benzene rings is 3. The lowest BCUT2D eigenvalue weighted by Crippen LogP contribution is -2.23. The molecule has 3 aromatic carbocycles. The van der Waals surface area contributed by atoms with Gasteiger partial charge in [-0.25, -0.2) is 9.37 Å². The molecule has 0 unspecified atom stereocenters. The second-order valence-electron chi connectivity index (χ2n) is 7.79. The van der Waals surface area contributed by atoms with Crippen LogP contribution in [0, 0.1) is 5.82 Å². The maximum atomic E-state index is 13.5. The summed E-state index contributed by atoms with van der Waals surface area (Å²) in [6, 6.07) is 20.8. The fourth-order valence-corrected chi connectivity index (χ4v) is 4.61. The van der Waals surface area contributed by atoms with Gasteiger partial charge in [0.1, 0.15) is 16.9 Å². The van der Waals surface area contributed by atoms with Crippen LogP contribution in [-0.2, 0) is 11.2 Å². The van der Waals surface area contributed by atoms with E-state index in [0.29, 0.717) is 27.6 Å². The van der Waals surface area contributed by atoms with Crippen molar-refractivity contribution in [3.8, 4) is 5.69 Å². The third kappa shape index (κ3) is 4.20. The zero-order valence-electron chi connectivity index (χ0n) is 18.3. The number of hydrogen-bond donors (Lipinski definition) is 2. The summed E-state index contributed by atoms with van der Waals surface area (Å²) in [6.07, 6.45) is 0.924. The fourth-order valence-electron chi connectivity index (χ4n) is 3.81. The molecule has 2 aromatic heterocycles. The number of amides is 1. The van der Waals surface area contributed by atoms with Gasteiger partial charge in [-0.1, -0.05) is 49.0 Å². The Bertz CT molecular complexity index is 1560. The molecule has 5 aromatic rings. The van der Waals surface area contributed by atoms with Crippen molar-refractivity contribution in [3.63, 3.8) is 0 Å². The third-order valence-electron chi connectivity index (χ3n) is 5.56. The summed E-state index contributed by atoms with van der Waals surface area (Å²) >= 11 is 1.15. The lowest BCUT2D eigenvalue weighted by Gasteiger charge is -2.12.